The number of amides is 1. The minimum absolute atomic E-state index is 0.0500. The zero-order chi connectivity index (χ0) is 28.4. The maximum atomic E-state index is 12.9. The molecule has 4 aromatic rings. The number of aromatic nitrogens is 3. The van der Waals surface area contributed by atoms with Gasteiger partial charge in [-0.3, -0.25) is 14.7 Å². The number of likely N-dealkylation sites (N-methyl/N-ethyl adjacent to an activating group) is 1. The first-order chi connectivity index (χ1) is 19.1. The van der Waals surface area contributed by atoms with Crippen LogP contribution < -0.4 is 10.1 Å². The van der Waals surface area contributed by atoms with Crippen molar-refractivity contribution in [1.82, 2.24) is 24.8 Å². The predicted octanol–water partition coefficient (Wildman–Crippen LogP) is 6.41. The highest BCUT2D eigenvalue weighted by molar-refractivity contribution is 7.19. The lowest BCUT2D eigenvalue weighted by atomic mass is 10.0. The summed E-state index contributed by atoms with van der Waals surface area (Å²) >= 11 is 1.64. The summed E-state index contributed by atoms with van der Waals surface area (Å²) in [5.74, 6) is 2.31. The van der Waals surface area contributed by atoms with Gasteiger partial charge in [0, 0.05) is 41.0 Å². The lowest BCUT2D eigenvalue weighted by Gasteiger charge is -2.31. The first kappa shape index (κ1) is 27.7. The largest absolute Gasteiger partial charge is 0.455 e. The summed E-state index contributed by atoms with van der Waals surface area (Å²) in [5.41, 5.74) is 4.16. The van der Waals surface area contributed by atoms with Crippen LogP contribution >= 0.6 is 11.3 Å². The Morgan fingerprint density at radius 2 is 2.00 bits per heavy atom. The molecular weight excluding hydrogens is 520 g/mol. The van der Waals surface area contributed by atoms with Crippen molar-refractivity contribution in [2.45, 2.75) is 53.1 Å². The average Bonchev–Trinajstić information content (AvgIpc) is 3.29. The highest BCUT2D eigenvalue weighted by Gasteiger charge is 2.26. The first-order valence-corrected chi connectivity index (χ1v) is 14.3. The quantitative estimate of drug-likeness (QED) is 0.263. The standard InChI is InChI=1S/C31H36N6O2S/c1-20-16-22(10-12-25(20)39-23-11-9-21(2)32-17-23)35-29-28-24-13-15-37(18-26(24)40-30(28)34-19-33-29)27(38)8-7-14-36(6)31(3,4)5/h7-12,16-17,19H,13-15,18H2,1-6H3,(H,33,34,35)/b8-7+. The van der Waals surface area contributed by atoms with E-state index in [9.17, 15) is 4.79 Å². The molecule has 1 amide bonds. The molecular formula is C31H36N6O2S. The van der Waals surface area contributed by atoms with Crippen molar-refractivity contribution in [2.24, 2.45) is 0 Å². The van der Waals surface area contributed by atoms with Gasteiger partial charge in [0.25, 0.3) is 0 Å². The molecule has 9 heteroatoms. The lowest BCUT2D eigenvalue weighted by molar-refractivity contribution is -0.126. The Bertz CT molecular complexity index is 1550. The molecule has 0 bridgehead atoms. The van der Waals surface area contributed by atoms with Gasteiger partial charge in [-0.05, 0) is 89.5 Å². The fraction of sp³-hybridized carbons (Fsp3) is 0.355. The topological polar surface area (TPSA) is 83.5 Å². The second-order valence-electron chi connectivity index (χ2n) is 11.2. The lowest BCUT2D eigenvalue weighted by Crippen LogP contribution is -2.38. The van der Waals surface area contributed by atoms with E-state index in [-0.39, 0.29) is 11.4 Å². The van der Waals surface area contributed by atoms with Gasteiger partial charge in [-0.15, -0.1) is 11.3 Å². The van der Waals surface area contributed by atoms with Gasteiger partial charge in [-0.1, -0.05) is 6.08 Å². The van der Waals surface area contributed by atoms with E-state index in [1.54, 1.807) is 29.9 Å². The molecule has 0 radical (unpaired) electrons. The maximum absolute atomic E-state index is 12.9. The third kappa shape index (κ3) is 6.16. The Hall–Kier alpha value is -3.82. The molecule has 0 unspecified atom stereocenters. The smallest absolute Gasteiger partial charge is 0.246 e. The van der Waals surface area contributed by atoms with Crippen LogP contribution in [0.3, 0.4) is 0 Å². The van der Waals surface area contributed by atoms with E-state index in [1.165, 1.54) is 10.4 Å². The summed E-state index contributed by atoms with van der Waals surface area (Å²) in [5, 5.41) is 4.54. The van der Waals surface area contributed by atoms with Crippen molar-refractivity contribution in [3.8, 4) is 11.5 Å². The van der Waals surface area contributed by atoms with Crippen LogP contribution in [0.2, 0.25) is 0 Å². The van der Waals surface area contributed by atoms with E-state index in [1.807, 2.05) is 55.2 Å². The Balaban J connectivity index is 1.30. The average molecular weight is 557 g/mol. The number of nitrogens with zero attached hydrogens (tertiary/aromatic N) is 5. The van der Waals surface area contributed by atoms with Crippen LogP contribution in [0.1, 0.15) is 42.5 Å². The molecule has 0 saturated heterocycles. The number of anilines is 2. The van der Waals surface area contributed by atoms with Crippen molar-refractivity contribution in [3.63, 3.8) is 0 Å². The van der Waals surface area contributed by atoms with Crippen LogP contribution in [0.15, 0.2) is 55.0 Å². The molecule has 1 aromatic carbocycles. The van der Waals surface area contributed by atoms with Gasteiger partial charge in [-0.25, -0.2) is 9.97 Å². The summed E-state index contributed by atoms with van der Waals surface area (Å²) in [6.45, 7) is 12.5. The number of carbonyl (C=O) groups is 1. The van der Waals surface area contributed by atoms with Gasteiger partial charge >= 0.3 is 0 Å². The fourth-order valence-corrected chi connectivity index (χ4v) is 5.72. The van der Waals surface area contributed by atoms with E-state index in [4.69, 9.17) is 4.74 Å². The van der Waals surface area contributed by atoms with Crippen LogP contribution in [-0.2, 0) is 17.8 Å². The van der Waals surface area contributed by atoms with Crippen LogP contribution in [0.25, 0.3) is 10.2 Å². The molecule has 40 heavy (non-hydrogen) atoms. The number of hydrogen-bond acceptors (Lipinski definition) is 8. The number of ether oxygens (including phenoxy) is 1. The summed E-state index contributed by atoms with van der Waals surface area (Å²) in [7, 11) is 2.07. The second-order valence-corrected chi connectivity index (χ2v) is 12.3. The Labute approximate surface area is 239 Å². The van der Waals surface area contributed by atoms with Gasteiger partial charge in [0.15, 0.2) is 0 Å². The van der Waals surface area contributed by atoms with E-state index in [2.05, 4.69) is 53.0 Å². The molecule has 0 atom stereocenters. The molecule has 4 heterocycles. The van der Waals surface area contributed by atoms with Crippen LogP contribution in [0.5, 0.6) is 11.5 Å². The molecule has 1 aliphatic rings. The Kier molecular flexibility index (Phi) is 7.87. The molecule has 0 saturated carbocycles. The molecule has 0 fully saturated rings. The van der Waals surface area contributed by atoms with E-state index in [0.717, 1.165) is 51.7 Å². The van der Waals surface area contributed by atoms with Crippen molar-refractivity contribution < 1.29 is 9.53 Å². The zero-order valence-electron chi connectivity index (χ0n) is 24.0. The number of aryl methyl sites for hydroxylation is 2. The molecule has 8 nitrogen and oxygen atoms in total. The van der Waals surface area contributed by atoms with Crippen molar-refractivity contribution in [3.05, 3.63) is 76.7 Å². The Morgan fingerprint density at radius 3 is 2.73 bits per heavy atom. The first-order valence-electron chi connectivity index (χ1n) is 13.5. The van der Waals surface area contributed by atoms with E-state index in [0.29, 0.717) is 18.8 Å². The Morgan fingerprint density at radius 1 is 1.18 bits per heavy atom. The molecule has 0 spiro atoms. The number of hydrogen-bond donors (Lipinski definition) is 1. The van der Waals surface area contributed by atoms with Crippen LogP contribution in [0.4, 0.5) is 11.5 Å². The highest BCUT2D eigenvalue weighted by atomic mass is 32.1. The summed E-state index contributed by atoms with van der Waals surface area (Å²) in [6, 6.07) is 9.84. The molecule has 1 aliphatic heterocycles. The van der Waals surface area contributed by atoms with Gasteiger partial charge in [-0.2, -0.15) is 0 Å². The fourth-order valence-electron chi connectivity index (χ4n) is 4.52. The van der Waals surface area contributed by atoms with Crippen LogP contribution in [0, 0.1) is 13.8 Å². The number of rotatable bonds is 7. The number of carbonyl (C=O) groups excluding carboxylic acids is 1. The highest BCUT2D eigenvalue weighted by Crippen LogP contribution is 2.38. The van der Waals surface area contributed by atoms with Crippen molar-refractivity contribution in [1.29, 1.82) is 0 Å². The third-order valence-corrected chi connectivity index (χ3v) is 8.41. The number of fused-ring (bicyclic) bond motifs is 3. The molecule has 3 aromatic heterocycles. The SMILES string of the molecule is Cc1ccc(Oc2ccc(Nc3ncnc4sc5c(c34)CCN(C(=O)/C=C/CN(C)C(C)(C)C)C5)cc2C)cn1. The monoisotopic (exact) mass is 556 g/mol. The van der Waals surface area contributed by atoms with Gasteiger partial charge in [0.1, 0.15) is 28.5 Å². The zero-order valence-corrected chi connectivity index (χ0v) is 24.8. The number of pyridine rings is 1. The van der Waals surface area contributed by atoms with Crippen molar-refractivity contribution >= 4 is 39.0 Å². The molecule has 0 aliphatic carbocycles. The summed E-state index contributed by atoms with van der Waals surface area (Å²) in [4.78, 5) is 32.6. The summed E-state index contributed by atoms with van der Waals surface area (Å²) < 4.78 is 6.03. The minimum Gasteiger partial charge on any atom is -0.455 e. The third-order valence-electron chi connectivity index (χ3n) is 7.28. The van der Waals surface area contributed by atoms with Gasteiger partial charge in [0.2, 0.25) is 5.91 Å². The second kappa shape index (κ2) is 11.3. The van der Waals surface area contributed by atoms with E-state index < -0.39 is 0 Å². The molecule has 1 N–H and O–H groups in total. The van der Waals surface area contributed by atoms with Gasteiger partial charge < -0.3 is 15.0 Å². The number of benzene rings is 1. The minimum atomic E-state index is 0.0500. The van der Waals surface area contributed by atoms with Crippen molar-refractivity contribution in [2.75, 3.05) is 25.5 Å². The predicted molar refractivity (Wildman–Crippen MR) is 162 cm³/mol. The normalized spacial score (nSPS) is 13.7. The van der Waals surface area contributed by atoms with Crippen LogP contribution in [-0.4, -0.2) is 56.3 Å². The van der Waals surface area contributed by atoms with Gasteiger partial charge in [0.05, 0.1) is 18.1 Å². The number of thiophene rings is 1. The number of nitrogens with one attached hydrogen (secondary N) is 1. The maximum Gasteiger partial charge on any atom is 0.246 e. The molecule has 208 valence electrons. The summed E-state index contributed by atoms with van der Waals surface area (Å²) in [6.07, 6.45) is 7.76. The van der Waals surface area contributed by atoms with E-state index >= 15 is 0 Å². The molecule has 5 rings (SSSR count).